The monoisotopic (exact) mass is 493 g/mol. The summed E-state index contributed by atoms with van der Waals surface area (Å²) in [4.78, 5) is 33.2. The van der Waals surface area contributed by atoms with Crippen LogP contribution in [0.3, 0.4) is 0 Å². The van der Waals surface area contributed by atoms with Crippen LogP contribution in [0.2, 0.25) is 0 Å². The average molecular weight is 494 g/mol. The first kappa shape index (κ1) is 24.0. The van der Waals surface area contributed by atoms with Crippen molar-refractivity contribution in [1.82, 2.24) is 15.0 Å². The zero-order chi connectivity index (χ0) is 24.9. The zero-order valence-corrected chi connectivity index (χ0v) is 19.9. The molecule has 0 bridgehead atoms. The Labute approximate surface area is 203 Å². The Balaban J connectivity index is 1.52. The van der Waals surface area contributed by atoms with Crippen LogP contribution in [0.4, 0.5) is 5.69 Å². The Morgan fingerprint density at radius 1 is 1.14 bits per heavy atom. The maximum absolute atomic E-state index is 13.1. The summed E-state index contributed by atoms with van der Waals surface area (Å²) in [6, 6.07) is 8.01. The summed E-state index contributed by atoms with van der Waals surface area (Å²) in [5, 5.41) is 8.54. The van der Waals surface area contributed by atoms with Crippen LogP contribution in [0.1, 0.15) is 40.7 Å². The molecule has 0 radical (unpaired) electrons. The molecule has 0 saturated heterocycles. The molecule has 10 nitrogen and oxygen atoms in total. The van der Waals surface area contributed by atoms with Crippen LogP contribution in [0.5, 0.6) is 0 Å². The largest absolute Gasteiger partial charge is 0.495 e. The minimum Gasteiger partial charge on any atom is -0.495 e. The molecule has 180 valence electrons. The third kappa shape index (κ3) is 5.19. The predicted octanol–water partition coefficient (Wildman–Crippen LogP) is 2.48. The molecule has 35 heavy (non-hydrogen) atoms. The molecule has 4 rings (SSSR count). The molecule has 2 aliphatic rings. The number of benzene rings is 1. The number of nitrogens with one attached hydrogen (secondary N) is 1. The van der Waals surface area contributed by atoms with E-state index in [0.717, 1.165) is 0 Å². The van der Waals surface area contributed by atoms with Crippen LogP contribution in [-0.4, -0.2) is 59.4 Å². The Morgan fingerprint density at radius 2 is 1.86 bits per heavy atom. The molecule has 2 heterocycles. The van der Waals surface area contributed by atoms with E-state index in [1.54, 1.807) is 49.4 Å². The van der Waals surface area contributed by atoms with Crippen molar-refractivity contribution in [2.75, 3.05) is 19.0 Å². The lowest BCUT2D eigenvalue weighted by Crippen LogP contribution is -2.37. The lowest BCUT2D eigenvalue weighted by molar-refractivity contribution is 0.0750. The molecule has 2 aromatic rings. The molecule has 1 unspecified atom stereocenters. The van der Waals surface area contributed by atoms with E-state index in [2.05, 4.69) is 20.4 Å². The highest BCUT2D eigenvalue weighted by Gasteiger charge is 2.32. The molecule has 1 aliphatic heterocycles. The summed E-state index contributed by atoms with van der Waals surface area (Å²) in [5.74, 6) is -1.04. The Kier molecular flexibility index (Phi) is 7.16. The number of hydrogen-bond donors (Lipinski definition) is 1. The number of amides is 2. The van der Waals surface area contributed by atoms with Crippen molar-refractivity contribution in [3.63, 3.8) is 0 Å². The number of carbonyl (C=O) groups excluding carboxylic acids is 2. The fraction of sp³-hybridized carbons (Fsp3) is 0.250. The summed E-state index contributed by atoms with van der Waals surface area (Å²) in [7, 11) is -1.08. The Hall–Kier alpha value is -4.12. The van der Waals surface area contributed by atoms with Gasteiger partial charge in [-0.3, -0.25) is 9.59 Å². The van der Waals surface area contributed by atoms with Gasteiger partial charge in [0.25, 0.3) is 11.8 Å². The van der Waals surface area contributed by atoms with E-state index < -0.39 is 22.1 Å². The van der Waals surface area contributed by atoms with Gasteiger partial charge in [0, 0.05) is 30.2 Å². The van der Waals surface area contributed by atoms with Crippen molar-refractivity contribution in [1.29, 1.82) is 0 Å². The van der Waals surface area contributed by atoms with E-state index in [9.17, 15) is 18.0 Å². The molecule has 0 saturated carbocycles. The number of aromatic nitrogens is 2. The van der Waals surface area contributed by atoms with Crippen molar-refractivity contribution in [3.8, 4) is 0 Å². The fourth-order valence-corrected chi connectivity index (χ4v) is 4.74. The van der Waals surface area contributed by atoms with Crippen LogP contribution < -0.4 is 5.32 Å². The molecular formula is C24H23N5O5S. The number of hydrazone groups is 1. The zero-order valence-electron chi connectivity index (χ0n) is 19.1. The van der Waals surface area contributed by atoms with E-state index in [0.29, 0.717) is 47.7 Å². The molecule has 1 aromatic carbocycles. The SMILES string of the molecule is COC1=C(C)C=CC(C2=NN(C(=O)c3ccc(NC(=O)c4ncccn4)cc3)CCC2)C1=S(=O)=O. The van der Waals surface area contributed by atoms with E-state index in [1.165, 1.54) is 24.5 Å². The normalized spacial score (nSPS) is 17.7. The number of nitrogens with zero attached hydrogens (tertiary/aromatic N) is 4. The summed E-state index contributed by atoms with van der Waals surface area (Å²) in [6.45, 7) is 2.18. The number of rotatable bonds is 5. The van der Waals surface area contributed by atoms with Crippen molar-refractivity contribution in [3.05, 3.63) is 77.6 Å². The minimum atomic E-state index is -2.51. The van der Waals surface area contributed by atoms with Crippen molar-refractivity contribution in [2.24, 2.45) is 11.0 Å². The summed E-state index contributed by atoms with van der Waals surface area (Å²) in [6.07, 6.45) is 7.72. The van der Waals surface area contributed by atoms with Gasteiger partial charge in [-0.15, -0.1) is 0 Å². The van der Waals surface area contributed by atoms with Crippen LogP contribution in [0, 0.1) is 5.92 Å². The van der Waals surface area contributed by atoms with E-state index in [1.807, 2.05) is 0 Å². The predicted molar refractivity (Wildman–Crippen MR) is 130 cm³/mol. The van der Waals surface area contributed by atoms with Crippen LogP contribution in [0.25, 0.3) is 0 Å². The van der Waals surface area contributed by atoms with E-state index >= 15 is 0 Å². The molecule has 0 spiro atoms. The second kappa shape index (κ2) is 10.4. The molecule has 1 aromatic heterocycles. The van der Waals surface area contributed by atoms with Gasteiger partial charge in [-0.25, -0.2) is 15.0 Å². The third-order valence-electron chi connectivity index (χ3n) is 5.59. The fourth-order valence-electron chi connectivity index (χ4n) is 3.92. The minimum absolute atomic E-state index is 0.0384. The maximum atomic E-state index is 13.1. The van der Waals surface area contributed by atoms with Gasteiger partial charge in [0.2, 0.25) is 16.1 Å². The molecule has 1 N–H and O–H groups in total. The molecular weight excluding hydrogens is 470 g/mol. The van der Waals surface area contributed by atoms with Crippen LogP contribution in [0.15, 0.2) is 71.3 Å². The lowest BCUT2D eigenvalue weighted by atomic mass is 9.88. The summed E-state index contributed by atoms with van der Waals surface area (Å²) >= 11 is 0. The van der Waals surface area contributed by atoms with Gasteiger partial charge in [0.15, 0.2) is 0 Å². The Morgan fingerprint density at radius 3 is 2.51 bits per heavy atom. The second-order valence-electron chi connectivity index (χ2n) is 7.88. The van der Waals surface area contributed by atoms with Gasteiger partial charge in [-0.2, -0.15) is 13.5 Å². The van der Waals surface area contributed by atoms with Crippen LogP contribution in [-0.2, 0) is 15.0 Å². The number of ether oxygens (including phenoxy) is 1. The van der Waals surface area contributed by atoms with Crippen molar-refractivity contribution < 1.29 is 22.7 Å². The van der Waals surface area contributed by atoms with Gasteiger partial charge in [-0.1, -0.05) is 12.2 Å². The summed E-state index contributed by atoms with van der Waals surface area (Å²) in [5.41, 5.74) is 2.15. The average Bonchev–Trinajstić information content (AvgIpc) is 2.89. The molecule has 0 fully saturated rings. The standard InChI is InChI=1S/C24H23N5O5S/c1-15-6-11-18(21(35(32)33)20(15)34-2)19-5-3-14-29(28-19)24(31)16-7-9-17(10-8-16)27-23(30)22-25-12-4-13-26-22/h4,6-13,18H,3,5,14H2,1-2H3,(H,27,30). The first-order chi connectivity index (χ1) is 16.9. The smallest absolute Gasteiger partial charge is 0.293 e. The highest BCUT2D eigenvalue weighted by Crippen LogP contribution is 2.26. The lowest BCUT2D eigenvalue weighted by Gasteiger charge is -2.28. The van der Waals surface area contributed by atoms with Gasteiger partial charge in [0.05, 0.1) is 18.7 Å². The first-order valence-corrected chi connectivity index (χ1v) is 11.9. The Bertz CT molecular complexity index is 1370. The van der Waals surface area contributed by atoms with Gasteiger partial charge < -0.3 is 10.1 Å². The number of allylic oxidation sites excluding steroid dienone is 4. The maximum Gasteiger partial charge on any atom is 0.293 e. The van der Waals surface area contributed by atoms with Gasteiger partial charge in [-0.05, 0) is 55.7 Å². The highest BCUT2D eigenvalue weighted by atomic mass is 32.2. The number of anilines is 1. The van der Waals surface area contributed by atoms with Crippen molar-refractivity contribution >= 4 is 38.4 Å². The third-order valence-corrected chi connectivity index (χ3v) is 6.39. The molecule has 1 aliphatic carbocycles. The second-order valence-corrected chi connectivity index (χ2v) is 8.79. The summed E-state index contributed by atoms with van der Waals surface area (Å²) < 4.78 is 29.3. The van der Waals surface area contributed by atoms with Crippen molar-refractivity contribution in [2.45, 2.75) is 19.8 Å². The first-order valence-electron chi connectivity index (χ1n) is 10.9. The quantitative estimate of drug-likeness (QED) is 0.633. The van der Waals surface area contributed by atoms with Crippen LogP contribution >= 0.6 is 0 Å². The topological polar surface area (TPSA) is 131 Å². The number of hydrogen-bond acceptors (Lipinski definition) is 8. The number of carbonyl (C=O) groups is 2. The molecule has 1 atom stereocenters. The highest BCUT2D eigenvalue weighted by molar-refractivity contribution is 7.73. The van der Waals surface area contributed by atoms with Gasteiger partial charge in [0.1, 0.15) is 10.6 Å². The number of methoxy groups -OCH3 is 1. The molecule has 2 amide bonds. The molecule has 11 heteroatoms. The van der Waals surface area contributed by atoms with Gasteiger partial charge >= 0.3 is 0 Å². The van der Waals surface area contributed by atoms with E-state index in [4.69, 9.17) is 4.74 Å². The van der Waals surface area contributed by atoms with E-state index in [-0.39, 0.29) is 16.6 Å².